The van der Waals surface area contributed by atoms with Crippen molar-refractivity contribution < 1.29 is 18.7 Å². The normalized spacial score (nSPS) is 11.1. The summed E-state index contributed by atoms with van der Waals surface area (Å²) in [5, 5.41) is 10.4. The second-order valence-corrected chi connectivity index (χ2v) is 3.19. The zero-order chi connectivity index (χ0) is 11.5. The van der Waals surface area contributed by atoms with Gasteiger partial charge in [-0.1, -0.05) is 6.07 Å². The van der Waals surface area contributed by atoms with Crippen molar-refractivity contribution in [1.82, 2.24) is 4.98 Å². The Kier molecular flexibility index (Phi) is 3.18. The summed E-state index contributed by atoms with van der Waals surface area (Å²) < 4.78 is 25.4. The molecule has 15 heavy (non-hydrogen) atoms. The molecule has 82 valence electrons. The highest BCUT2D eigenvalue weighted by Gasteiger charge is 2.23. The van der Waals surface area contributed by atoms with E-state index in [-0.39, 0.29) is 11.4 Å². The molecule has 1 aromatic rings. The molecular formula is C9H10F2N2O2. The highest BCUT2D eigenvalue weighted by Crippen LogP contribution is 2.22. The fourth-order valence-corrected chi connectivity index (χ4v) is 1.13. The van der Waals surface area contributed by atoms with Crippen LogP contribution in [-0.4, -0.2) is 22.1 Å². The van der Waals surface area contributed by atoms with Crippen molar-refractivity contribution in [3.05, 3.63) is 23.9 Å². The summed E-state index contributed by atoms with van der Waals surface area (Å²) >= 11 is 0. The van der Waals surface area contributed by atoms with Gasteiger partial charge in [-0.25, -0.2) is 18.6 Å². The maximum atomic E-state index is 12.7. The lowest BCUT2D eigenvalue weighted by atomic mass is 10.1. The van der Waals surface area contributed by atoms with E-state index in [0.29, 0.717) is 0 Å². The van der Waals surface area contributed by atoms with Gasteiger partial charge in [-0.3, -0.25) is 5.32 Å². The zero-order valence-corrected chi connectivity index (χ0v) is 8.00. The first-order valence-electron chi connectivity index (χ1n) is 4.20. The Balaban J connectivity index is 2.91. The quantitative estimate of drug-likeness (QED) is 0.815. The number of hydrogen-bond acceptors (Lipinski definition) is 2. The van der Waals surface area contributed by atoms with Crippen LogP contribution in [0.5, 0.6) is 0 Å². The number of hydrogen-bond donors (Lipinski definition) is 2. The summed E-state index contributed by atoms with van der Waals surface area (Å²) in [6, 6.07) is 2.89. The summed E-state index contributed by atoms with van der Waals surface area (Å²) in [5.41, 5.74) is 0.174. The molecule has 1 rings (SSSR count). The lowest BCUT2D eigenvalue weighted by Crippen LogP contribution is -2.17. The Labute approximate surface area is 84.9 Å². The molecule has 0 saturated heterocycles. The van der Waals surface area contributed by atoms with Crippen LogP contribution in [0.1, 0.15) is 12.5 Å². The highest BCUT2D eigenvalue weighted by atomic mass is 19.3. The topological polar surface area (TPSA) is 62.2 Å². The van der Waals surface area contributed by atoms with Gasteiger partial charge in [0.05, 0.1) is 0 Å². The molecule has 0 saturated carbocycles. The van der Waals surface area contributed by atoms with E-state index in [1.165, 1.54) is 18.3 Å². The molecule has 4 nitrogen and oxygen atoms in total. The average Bonchev–Trinajstić information content (AvgIpc) is 2.05. The number of carbonyl (C=O) groups is 1. The molecule has 0 aliphatic heterocycles. The van der Waals surface area contributed by atoms with Gasteiger partial charge in [0, 0.05) is 18.2 Å². The van der Waals surface area contributed by atoms with E-state index in [1.807, 2.05) is 5.32 Å². The number of nitrogens with zero attached hydrogens (tertiary/aromatic N) is 1. The maximum absolute atomic E-state index is 12.7. The van der Waals surface area contributed by atoms with Crippen LogP contribution in [0.4, 0.5) is 19.4 Å². The molecule has 0 aromatic carbocycles. The number of halogens is 2. The van der Waals surface area contributed by atoms with E-state index in [4.69, 9.17) is 5.11 Å². The lowest BCUT2D eigenvalue weighted by molar-refractivity contribution is 0.0227. The van der Waals surface area contributed by atoms with E-state index in [0.717, 1.165) is 6.92 Å². The SMILES string of the molecule is CC(F)(F)Cc1cccnc1NC(=O)O. The first-order valence-corrected chi connectivity index (χ1v) is 4.20. The van der Waals surface area contributed by atoms with Crippen LogP contribution in [0.2, 0.25) is 0 Å². The molecule has 0 bridgehead atoms. The Morgan fingerprint density at radius 3 is 2.87 bits per heavy atom. The fraction of sp³-hybridized carbons (Fsp3) is 0.333. The molecule has 0 fully saturated rings. The summed E-state index contributed by atoms with van der Waals surface area (Å²) in [5.74, 6) is -2.94. The van der Waals surface area contributed by atoms with Crippen molar-refractivity contribution in [2.45, 2.75) is 19.3 Å². The number of aromatic nitrogens is 1. The third-order valence-electron chi connectivity index (χ3n) is 1.62. The number of alkyl halides is 2. The molecular weight excluding hydrogens is 206 g/mol. The van der Waals surface area contributed by atoms with E-state index in [9.17, 15) is 13.6 Å². The van der Waals surface area contributed by atoms with Crippen LogP contribution in [-0.2, 0) is 6.42 Å². The van der Waals surface area contributed by atoms with Crippen LogP contribution in [0.3, 0.4) is 0 Å². The minimum Gasteiger partial charge on any atom is -0.465 e. The number of nitrogens with one attached hydrogen (secondary N) is 1. The van der Waals surface area contributed by atoms with Crippen molar-refractivity contribution in [3.63, 3.8) is 0 Å². The van der Waals surface area contributed by atoms with Gasteiger partial charge in [-0.15, -0.1) is 0 Å². The number of amides is 1. The predicted octanol–water partition coefficient (Wildman–Crippen LogP) is 2.37. The molecule has 0 radical (unpaired) electrons. The van der Waals surface area contributed by atoms with Gasteiger partial charge < -0.3 is 5.11 Å². The van der Waals surface area contributed by atoms with Crippen LogP contribution in [0, 0.1) is 0 Å². The summed E-state index contributed by atoms with van der Waals surface area (Å²) in [4.78, 5) is 14.0. The summed E-state index contributed by atoms with van der Waals surface area (Å²) in [6.07, 6.45) is -0.534. The average molecular weight is 216 g/mol. The van der Waals surface area contributed by atoms with Gasteiger partial charge in [0.25, 0.3) is 0 Å². The molecule has 6 heteroatoms. The second kappa shape index (κ2) is 4.20. The predicted molar refractivity (Wildman–Crippen MR) is 50.2 cm³/mol. The fourth-order valence-electron chi connectivity index (χ4n) is 1.13. The molecule has 1 aromatic heterocycles. The standard InChI is InChI=1S/C9H10F2N2O2/c1-9(10,11)5-6-3-2-4-12-7(6)13-8(14)15/h2-4H,5H2,1H3,(H,12,13)(H,14,15). The molecule has 0 unspecified atom stereocenters. The number of rotatable bonds is 3. The number of carboxylic acid groups (broad SMARTS) is 1. The van der Waals surface area contributed by atoms with Crippen LogP contribution in [0.15, 0.2) is 18.3 Å². The lowest BCUT2D eigenvalue weighted by Gasteiger charge is -2.12. The van der Waals surface area contributed by atoms with Crippen molar-refractivity contribution >= 4 is 11.9 Å². The summed E-state index contributed by atoms with van der Waals surface area (Å²) in [7, 11) is 0. The minimum absolute atomic E-state index is 0.0495. The van der Waals surface area contributed by atoms with Crippen molar-refractivity contribution in [2.75, 3.05) is 5.32 Å². The van der Waals surface area contributed by atoms with Crippen LogP contribution < -0.4 is 5.32 Å². The Hall–Kier alpha value is -1.72. The molecule has 1 amide bonds. The van der Waals surface area contributed by atoms with Crippen LogP contribution >= 0.6 is 0 Å². The van der Waals surface area contributed by atoms with E-state index in [1.54, 1.807) is 0 Å². The molecule has 0 spiro atoms. The van der Waals surface area contributed by atoms with Crippen molar-refractivity contribution in [1.29, 1.82) is 0 Å². The van der Waals surface area contributed by atoms with Crippen molar-refractivity contribution in [3.8, 4) is 0 Å². The third kappa shape index (κ3) is 3.88. The van der Waals surface area contributed by atoms with E-state index in [2.05, 4.69) is 4.98 Å². The van der Waals surface area contributed by atoms with Gasteiger partial charge in [0.1, 0.15) is 5.82 Å². The molecule has 0 aliphatic carbocycles. The van der Waals surface area contributed by atoms with Gasteiger partial charge in [-0.05, 0) is 13.0 Å². The monoisotopic (exact) mass is 216 g/mol. The van der Waals surface area contributed by atoms with Gasteiger partial charge >= 0.3 is 6.09 Å². The highest BCUT2D eigenvalue weighted by molar-refractivity contribution is 5.82. The second-order valence-electron chi connectivity index (χ2n) is 3.19. The number of pyridine rings is 1. The Morgan fingerprint density at radius 1 is 1.67 bits per heavy atom. The molecule has 2 N–H and O–H groups in total. The van der Waals surface area contributed by atoms with Crippen molar-refractivity contribution in [2.24, 2.45) is 0 Å². The van der Waals surface area contributed by atoms with Gasteiger partial charge in [-0.2, -0.15) is 0 Å². The maximum Gasteiger partial charge on any atom is 0.410 e. The minimum atomic E-state index is -2.89. The largest absolute Gasteiger partial charge is 0.465 e. The smallest absolute Gasteiger partial charge is 0.410 e. The van der Waals surface area contributed by atoms with Gasteiger partial charge in [0.2, 0.25) is 5.92 Å². The molecule has 0 atom stereocenters. The Morgan fingerprint density at radius 2 is 2.33 bits per heavy atom. The van der Waals surface area contributed by atoms with E-state index < -0.39 is 18.4 Å². The third-order valence-corrected chi connectivity index (χ3v) is 1.62. The number of anilines is 1. The Bertz CT molecular complexity index is 363. The molecule has 0 aliphatic rings. The van der Waals surface area contributed by atoms with Gasteiger partial charge in [0.15, 0.2) is 0 Å². The summed E-state index contributed by atoms with van der Waals surface area (Å²) in [6.45, 7) is 0.768. The first-order chi connectivity index (χ1) is 6.88. The first kappa shape index (κ1) is 11.4. The van der Waals surface area contributed by atoms with E-state index >= 15 is 0 Å². The van der Waals surface area contributed by atoms with Crippen LogP contribution in [0.25, 0.3) is 0 Å². The molecule has 1 heterocycles. The zero-order valence-electron chi connectivity index (χ0n) is 8.00.